The average molecular weight is 655 g/mol. The van der Waals surface area contributed by atoms with Crippen LogP contribution in [0.4, 0.5) is 0 Å². The van der Waals surface area contributed by atoms with Crippen LogP contribution in [0.25, 0.3) is 33.5 Å². The molecule has 2 heterocycles. The zero-order valence-electron chi connectivity index (χ0n) is 20.8. The molecule has 198 valence electrons. The first kappa shape index (κ1) is 26.6. The molecular weight excluding hydrogens is 634 g/mol. The molecule has 9 nitrogen and oxygen atoms in total. The molecule has 0 saturated carbocycles. The van der Waals surface area contributed by atoms with Crippen LogP contribution in [0.2, 0.25) is 0 Å². The van der Waals surface area contributed by atoms with Crippen molar-refractivity contribution in [2.75, 3.05) is 20.3 Å². The van der Waals surface area contributed by atoms with Gasteiger partial charge in [0.1, 0.15) is 5.58 Å². The lowest BCUT2D eigenvalue weighted by Gasteiger charge is -2.14. The lowest BCUT2D eigenvalue weighted by molar-refractivity contribution is -0.145. The summed E-state index contributed by atoms with van der Waals surface area (Å²) >= 11 is 6.93. The smallest absolute Gasteiger partial charge is 0.344 e. The van der Waals surface area contributed by atoms with E-state index in [4.69, 9.17) is 23.6 Å². The Morgan fingerprint density at radius 2 is 1.92 bits per heavy atom. The standard InChI is InChI=1S/C28H21Br2N3O6/c1-3-37-25(34)15-38-26-17(11-19(30)13-23(26)36-2)14-31-33-27(32-21-7-5-4-6-20(21)28(33)35)24-12-16-10-18(29)8-9-22(16)39-24/h4-14H,3,15H2,1-2H3. The summed E-state index contributed by atoms with van der Waals surface area (Å²) < 4.78 is 25.0. The molecule has 5 aromatic rings. The normalized spacial score (nSPS) is 11.4. The van der Waals surface area contributed by atoms with Gasteiger partial charge in [0.25, 0.3) is 5.56 Å². The van der Waals surface area contributed by atoms with Crippen molar-refractivity contribution < 1.29 is 23.4 Å². The number of carbonyl (C=O) groups excluding carboxylic acids is 1. The van der Waals surface area contributed by atoms with E-state index in [1.54, 1.807) is 43.3 Å². The van der Waals surface area contributed by atoms with Crippen molar-refractivity contribution in [1.29, 1.82) is 0 Å². The highest BCUT2D eigenvalue weighted by Gasteiger charge is 2.18. The SMILES string of the molecule is CCOC(=O)COc1c(C=Nn2c(-c3cc4cc(Br)ccc4o3)nc3ccccc3c2=O)cc(Br)cc1OC. The third kappa shape index (κ3) is 5.59. The second-order valence-corrected chi connectivity index (χ2v) is 10.1. The summed E-state index contributed by atoms with van der Waals surface area (Å²) in [6, 6.07) is 17.9. The fourth-order valence-electron chi connectivity index (χ4n) is 3.96. The summed E-state index contributed by atoms with van der Waals surface area (Å²) in [4.78, 5) is 30.3. The molecular formula is C28H21Br2N3O6. The molecule has 11 heteroatoms. The summed E-state index contributed by atoms with van der Waals surface area (Å²) in [5, 5.41) is 5.73. The Bertz CT molecular complexity index is 1790. The minimum absolute atomic E-state index is 0.221. The van der Waals surface area contributed by atoms with Gasteiger partial charge in [-0.2, -0.15) is 9.78 Å². The monoisotopic (exact) mass is 653 g/mol. The number of fused-ring (bicyclic) bond motifs is 2. The molecule has 0 aliphatic rings. The molecule has 3 aromatic carbocycles. The predicted molar refractivity (Wildman–Crippen MR) is 155 cm³/mol. The average Bonchev–Trinajstić information content (AvgIpc) is 3.34. The highest BCUT2D eigenvalue weighted by molar-refractivity contribution is 9.10. The summed E-state index contributed by atoms with van der Waals surface area (Å²) in [6.45, 7) is 1.61. The lowest BCUT2D eigenvalue weighted by Crippen LogP contribution is -2.20. The van der Waals surface area contributed by atoms with Crippen LogP contribution in [-0.2, 0) is 9.53 Å². The first-order valence-electron chi connectivity index (χ1n) is 11.8. The van der Waals surface area contributed by atoms with Crippen molar-refractivity contribution in [3.8, 4) is 23.1 Å². The van der Waals surface area contributed by atoms with E-state index in [1.807, 2.05) is 24.3 Å². The number of hydrogen-bond donors (Lipinski definition) is 0. The molecule has 5 rings (SSSR count). The maximum Gasteiger partial charge on any atom is 0.344 e. The molecule has 0 aliphatic heterocycles. The number of hydrogen-bond acceptors (Lipinski definition) is 8. The van der Waals surface area contributed by atoms with Crippen LogP contribution in [0.3, 0.4) is 0 Å². The number of rotatable bonds is 8. The zero-order valence-corrected chi connectivity index (χ0v) is 24.0. The molecule has 0 amide bonds. The number of methoxy groups -OCH3 is 1. The fourth-order valence-corrected chi connectivity index (χ4v) is 4.79. The second-order valence-electron chi connectivity index (χ2n) is 8.23. The van der Waals surface area contributed by atoms with Crippen molar-refractivity contribution in [1.82, 2.24) is 9.66 Å². The molecule has 39 heavy (non-hydrogen) atoms. The number of benzene rings is 3. The molecule has 2 aromatic heterocycles. The first-order valence-corrected chi connectivity index (χ1v) is 13.4. The van der Waals surface area contributed by atoms with Gasteiger partial charge in [0.15, 0.2) is 23.9 Å². The van der Waals surface area contributed by atoms with Gasteiger partial charge in [0.2, 0.25) is 5.82 Å². The number of nitrogens with zero attached hydrogens (tertiary/aromatic N) is 3. The lowest BCUT2D eigenvalue weighted by atomic mass is 10.2. The number of halogens is 2. The van der Waals surface area contributed by atoms with E-state index in [9.17, 15) is 9.59 Å². The van der Waals surface area contributed by atoms with Crippen LogP contribution in [0, 0.1) is 0 Å². The number of para-hydroxylation sites is 1. The minimum atomic E-state index is -0.529. The van der Waals surface area contributed by atoms with Gasteiger partial charge >= 0.3 is 5.97 Å². The van der Waals surface area contributed by atoms with Gasteiger partial charge in [-0.1, -0.05) is 44.0 Å². The van der Waals surface area contributed by atoms with E-state index in [2.05, 4.69) is 37.0 Å². The summed E-state index contributed by atoms with van der Waals surface area (Å²) in [6.07, 6.45) is 1.44. The molecule has 0 atom stereocenters. The van der Waals surface area contributed by atoms with Crippen LogP contribution in [0.5, 0.6) is 11.5 Å². The van der Waals surface area contributed by atoms with Gasteiger partial charge < -0.3 is 18.6 Å². The Morgan fingerprint density at radius 3 is 2.72 bits per heavy atom. The maximum absolute atomic E-state index is 13.6. The number of aromatic nitrogens is 2. The zero-order chi connectivity index (χ0) is 27.5. The maximum atomic E-state index is 13.6. The van der Waals surface area contributed by atoms with E-state index in [1.165, 1.54) is 18.0 Å². The molecule has 0 aliphatic carbocycles. The fraction of sp³-hybridized carbons (Fsp3) is 0.143. The number of furan rings is 1. The minimum Gasteiger partial charge on any atom is -0.493 e. The number of carbonyl (C=O) groups is 1. The quantitative estimate of drug-likeness (QED) is 0.146. The Balaban J connectivity index is 1.65. The highest BCUT2D eigenvalue weighted by Crippen LogP contribution is 2.34. The van der Waals surface area contributed by atoms with Gasteiger partial charge in [-0.25, -0.2) is 9.78 Å². The molecule has 0 bridgehead atoms. The topological polar surface area (TPSA) is 105 Å². The van der Waals surface area contributed by atoms with Gasteiger partial charge in [-0.15, -0.1) is 0 Å². The van der Waals surface area contributed by atoms with Crippen molar-refractivity contribution in [3.05, 3.63) is 85.5 Å². The predicted octanol–water partition coefficient (Wildman–Crippen LogP) is 6.17. The Labute approximate surface area is 239 Å². The van der Waals surface area contributed by atoms with Crippen LogP contribution >= 0.6 is 31.9 Å². The molecule has 0 spiro atoms. The van der Waals surface area contributed by atoms with Crippen LogP contribution in [0.15, 0.2) is 83.9 Å². The van der Waals surface area contributed by atoms with E-state index >= 15 is 0 Å². The van der Waals surface area contributed by atoms with E-state index < -0.39 is 5.97 Å². The molecule has 0 fully saturated rings. The molecule has 0 saturated heterocycles. The molecule has 0 unspecified atom stereocenters. The summed E-state index contributed by atoms with van der Waals surface area (Å²) in [5.74, 6) is 0.683. The van der Waals surface area contributed by atoms with Crippen LogP contribution in [-0.4, -0.2) is 42.2 Å². The summed E-state index contributed by atoms with van der Waals surface area (Å²) in [7, 11) is 1.48. The van der Waals surface area contributed by atoms with E-state index in [0.717, 1.165) is 9.86 Å². The highest BCUT2D eigenvalue weighted by atomic mass is 79.9. The Hall–Kier alpha value is -3.96. The van der Waals surface area contributed by atoms with Crippen LogP contribution < -0.4 is 15.0 Å². The third-order valence-electron chi connectivity index (χ3n) is 5.67. The van der Waals surface area contributed by atoms with Crippen molar-refractivity contribution >= 4 is 65.9 Å². The largest absolute Gasteiger partial charge is 0.493 e. The first-order chi connectivity index (χ1) is 18.9. The van der Waals surface area contributed by atoms with Gasteiger partial charge in [-0.05, 0) is 55.5 Å². The van der Waals surface area contributed by atoms with Crippen molar-refractivity contribution in [2.24, 2.45) is 5.10 Å². The molecule has 0 N–H and O–H groups in total. The Kier molecular flexibility index (Phi) is 7.80. The van der Waals surface area contributed by atoms with E-state index in [0.29, 0.717) is 38.0 Å². The molecule has 0 radical (unpaired) electrons. The van der Waals surface area contributed by atoms with Gasteiger partial charge in [-0.3, -0.25) is 4.79 Å². The van der Waals surface area contributed by atoms with E-state index in [-0.39, 0.29) is 30.3 Å². The second kappa shape index (κ2) is 11.4. The van der Waals surface area contributed by atoms with Crippen LogP contribution in [0.1, 0.15) is 12.5 Å². The van der Waals surface area contributed by atoms with Gasteiger partial charge in [0, 0.05) is 19.9 Å². The van der Waals surface area contributed by atoms with Crippen molar-refractivity contribution in [2.45, 2.75) is 6.92 Å². The third-order valence-corrected chi connectivity index (χ3v) is 6.62. The van der Waals surface area contributed by atoms with Gasteiger partial charge in [0.05, 0.1) is 30.8 Å². The summed E-state index contributed by atoms with van der Waals surface area (Å²) in [5.41, 5.74) is 1.21. The number of ether oxygens (including phenoxy) is 3. The Morgan fingerprint density at radius 1 is 1.10 bits per heavy atom. The van der Waals surface area contributed by atoms with Crippen molar-refractivity contribution in [3.63, 3.8) is 0 Å². The number of esters is 1.